The van der Waals surface area contributed by atoms with Gasteiger partial charge in [-0.25, -0.2) is 4.90 Å². The van der Waals surface area contributed by atoms with Crippen LogP contribution in [0.5, 0.6) is 0 Å². The fourth-order valence-corrected chi connectivity index (χ4v) is 3.27. The van der Waals surface area contributed by atoms with Crippen LogP contribution in [0.1, 0.15) is 103 Å². The number of imide groups is 3. The molecule has 1 N–H and O–H groups in total. The fourth-order valence-electron chi connectivity index (χ4n) is 3.27. The summed E-state index contributed by atoms with van der Waals surface area (Å²) in [6.07, 6.45) is 13.9. The molecule has 0 aromatic rings. The Kier molecular flexibility index (Phi) is 11.4. The molecule has 0 spiro atoms. The molecule has 25 heavy (non-hydrogen) atoms. The summed E-state index contributed by atoms with van der Waals surface area (Å²) in [4.78, 5) is 35.5. The Morgan fingerprint density at radius 1 is 0.840 bits per heavy atom. The van der Waals surface area contributed by atoms with E-state index in [-0.39, 0.29) is 12.8 Å². The van der Waals surface area contributed by atoms with Crippen molar-refractivity contribution in [2.24, 2.45) is 0 Å². The van der Waals surface area contributed by atoms with E-state index in [0.29, 0.717) is 11.3 Å². The van der Waals surface area contributed by atoms with E-state index in [2.05, 4.69) is 6.92 Å². The average molecular weight is 354 g/mol. The first-order chi connectivity index (χ1) is 12.1. The second-order valence-corrected chi connectivity index (χ2v) is 7.15. The molecule has 1 rings (SSSR count). The number of likely N-dealkylation sites (tertiary alicyclic amines) is 1. The molecule has 1 unspecified atom stereocenters. The van der Waals surface area contributed by atoms with E-state index in [0.717, 1.165) is 19.3 Å². The van der Waals surface area contributed by atoms with Crippen molar-refractivity contribution in [3.8, 4) is 0 Å². The molecule has 5 heteroatoms. The van der Waals surface area contributed by atoms with Gasteiger partial charge in [0, 0.05) is 12.8 Å². The predicted octanol–water partition coefficient (Wildman–Crippen LogP) is 4.11. The summed E-state index contributed by atoms with van der Waals surface area (Å²) < 4.78 is 0. The van der Waals surface area contributed by atoms with Crippen molar-refractivity contribution < 1.29 is 19.5 Å². The van der Waals surface area contributed by atoms with Crippen molar-refractivity contribution in [3.63, 3.8) is 0 Å². The van der Waals surface area contributed by atoms with Crippen LogP contribution in [0.15, 0.2) is 0 Å². The largest absolute Gasteiger partial charge is 0.383 e. The van der Waals surface area contributed by atoms with Gasteiger partial charge in [-0.1, -0.05) is 84.0 Å². The average Bonchev–Trinajstić information content (AvgIpc) is 2.93. The van der Waals surface area contributed by atoms with E-state index in [1.807, 2.05) is 0 Å². The molecule has 1 aliphatic heterocycles. The van der Waals surface area contributed by atoms with Gasteiger partial charge in [-0.15, -0.1) is 0 Å². The van der Waals surface area contributed by atoms with E-state index in [1.165, 1.54) is 57.8 Å². The van der Waals surface area contributed by atoms with Gasteiger partial charge in [-0.2, -0.15) is 0 Å². The zero-order valence-electron chi connectivity index (χ0n) is 15.8. The van der Waals surface area contributed by atoms with E-state index in [4.69, 9.17) is 0 Å². The maximum absolute atomic E-state index is 11.9. The number of aliphatic hydroxyl groups excluding tert-OH is 1. The third-order valence-corrected chi connectivity index (χ3v) is 4.89. The summed E-state index contributed by atoms with van der Waals surface area (Å²) in [6.45, 7) is 2.24. The number of unbranched alkanes of at least 4 members (excludes halogenated alkanes) is 11. The molecule has 0 saturated carbocycles. The highest BCUT2D eigenvalue weighted by molar-refractivity contribution is 6.15. The van der Waals surface area contributed by atoms with Gasteiger partial charge in [0.25, 0.3) is 5.91 Å². The van der Waals surface area contributed by atoms with Crippen LogP contribution in [0.2, 0.25) is 0 Å². The summed E-state index contributed by atoms with van der Waals surface area (Å²) in [7, 11) is 0. The first kappa shape index (κ1) is 21.8. The van der Waals surface area contributed by atoms with Crippen LogP contribution in [0.4, 0.5) is 0 Å². The number of hydrogen-bond donors (Lipinski definition) is 1. The van der Waals surface area contributed by atoms with E-state index < -0.39 is 23.8 Å². The smallest absolute Gasteiger partial charge is 0.264 e. The third kappa shape index (κ3) is 8.61. The number of amides is 3. The molecule has 0 aromatic heterocycles. The van der Waals surface area contributed by atoms with Crippen LogP contribution < -0.4 is 0 Å². The number of carbonyl (C=O) groups excluding carboxylic acids is 3. The molecular weight excluding hydrogens is 318 g/mol. The molecule has 1 aliphatic rings. The minimum absolute atomic E-state index is 0.0793. The normalized spacial score (nSPS) is 15.8. The van der Waals surface area contributed by atoms with E-state index >= 15 is 0 Å². The van der Waals surface area contributed by atoms with Crippen molar-refractivity contribution >= 4 is 17.7 Å². The number of nitrogens with zero attached hydrogens (tertiary/aromatic N) is 1. The Labute approximate surface area is 152 Å². The molecule has 1 saturated heterocycles. The first-order valence-corrected chi connectivity index (χ1v) is 10.2. The zero-order chi connectivity index (χ0) is 18.5. The second kappa shape index (κ2) is 13.0. The highest BCUT2D eigenvalue weighted by Gasteiger charge is 2.37. The molecule has 144 valence electrons. The van der Waals surface area contributed by atoms with Crippen molar-refractivity contribution in [1.29, 1.82) is 0 Å². The minimum atomic E-state index is -1.23. The van der Waals surface area contributed by atoms with Gasteiger partial charge in [0.1, 0.15) is 6.10 Å². The molecule has 3 amide bonds. The Balaban J connectivity index is 1.96. The highest BCUT2D eigenvalue weighted by atomic mass is 16.3. The van der Waals surface area contributed by atoms with Crippen molar-refractivity contribution in [3.05, 3.63) is 0 Å². The van der Waals surface area contributed by atoms with Crippen molar-refractivity contribution in [2.75, 3.05) is 0 Å². The quantitative estimate of drug-likeness (QED) is 0.377. The van der Waals surface area contributed by atoms with Gasteiger partial charge in [-0.3, -0.25) is 14.4 Å². The number of rotatable bonds is 14. The van der Waals surface area contributed by atoms with Gasteiger partial charge < -0.3 is 5.11 Å². The summed E-state index contributed by atoms with van der Waals surface area (Å²) in [6, 6.07) is 0. The van der Waals surface area contributed by atoms with Gasteiger partial charge in [0.2, 0.25) is 11.8 Å². The molecular formula is C20H35NO4. The fraction of sp³-hybridized carbons (Fsp3) is 0.850. The Bertz CT molecular complexity index is 406. The van der Waals surface area contributed by atoms with Crippen molar-refractivity contribution in [2.45, 2.75) is 109 Å². The SMILES string of the molecule is CCCCCCCCCCCCCCC(O)C(=O)N1C(=O)CCC1=O. The van der Waals surface area contributed by atoms with Crippen LogP contribution in [0.3, 0.4) is 0 Å². The van der Waals surface area contributed by atoms with E-state index in [1.54, 1.807) is 0 Å². The zero-order valence-corrected chi connectivity index (χ0v) is 15.8. The van der Waals surface area contributed by atoms with Gasteiger partial charge in [-0.05, 0) is 6.42 Å². The Morgan fingerprint density at radius 3 is 1.68 bits per heavy atom. The molecule has 0 aliphatic carbocycles. The topological polar surface area (TPSA) is 74.7 Å². The van der Waals surface area contributed by atoms with Crippen LogP contribution in [0.25, 0.3) is 0 Å². The molecule has 1 fully saturated rings. The summed E-state index contributed by atoms with van der Waals surface area (Å²) >= 11 is 0. The predicted molar refractivity (Wildman–Crippen MR) is 97.8 cm³/mol. The first-order valence-electron chi connectivity index (χ1n) is 10.2. The maximum Gasteiger partial charge on any atom is 0.264 e. The molecule has 1 atom stereocenters. The standard InChI is InChI=1S/C20H35NO4/c1-2-3-4-5-6-7-8-9-10-11-12-13-14-17(22)20(25)21-18(23)15-16-19(21)24/h17,22H,2-16H2,1H3. The lowest BCUT2D eigenvalue weighted by Crippen LogP contribution is -2.42. The lowest BCUT2D eigenvalue weighted by atomic mass is 10.0. The highest BCUT2D eigenvalue weighted by Crippen LogP contribution is 2.16. The van der Waals surface area contributed by atoms with Gasteiger partial charge in [0.05, 0.1) is 0 Å². The molecule has 0 radical (unpaired) electrons. The van der Waals surface area contributed by atoms with Crippen LogP contribution >= 0.6 is 0 Å². The second-order valence-electron chi connectivity index (χ2n) is 7.15. The third-order valence-electron chi connectivity index (χ3n) is 4.89. The van der Waals surface area contributed by atoms with E-state index in [9.17, 15) is 19.5 Å². The summed E-state index contributed by atoms with van der Waals surface area (Å²) in [5.74, 6) is -1.71. The monoisotopic (exact) mass is 353 g/mol. The van der Waals surface area contributed by atoms with Crippen molar-refractivity contribution in [1.82, 2.24) is 4.90 Å². The number of hydrogen-bond acceptors (Lipinski definition) is 4. The van der Waals surface area contributed by atoms with Crippen LogP contribution in [-0.2, 0) is 14.4 Å². The Hall–Kier alpha value is -1.23. The molecule has 5 nitrogen and oxygen atoms in total. The molecule has 0 aromatic carbocycles. The number of aliphatic hydroxyl groups is 1. The molecule has 0 bridgehead atoms. The number of carbonyl (C=O) groups is 3. The lowest BCUT2D eigenvalue weighted by Gasteiger charge is -2.16. The van der Waals surface area contributed by atoms with Gasteiger partial charge >= 0.3 is 0 Å². The summed E-state index contributed by atoms with van der Waals surface area (Å²) in [5, 5.41) is 9.88. The minimum Gasteiger partial charge on any atom is -0.383 e. The summed E-state index contributed by atoms with van der Waals surface area (Å²) in [5.41, 5.74) is 0. The van der Waals surface area contributed by atoms with Crippen LogP contribution in [-0.4, -0.2) is 33.8 Å². The maximum atomic E-state index is 11.9. The lowest BCUT2D eigenvalue weighted by molar-refractivity contribution is -0.154. The van der Waals surface area contributed by atoms with Crippen LogP contribution in [0, 0.1) is 0 Å². The van der Waals surface area contributed by atoms with Gasteiger partial charge in [0.15, 0.2) is 0 Å². The molecule has 1 heterocycles. The Morgan fingerprint density at radius 2 is 1.24 bits per heavy atom.